The topological polar surface area (TPSA) is 146 Å². The minimum atomic E-state index is -1.02. The van der Waals surface area contributed by atoms with Gasteiger partial charge < -0.3 is 26.4 Å². The van der Waals surface area contributed by atoms with Crippen molar-refractivity contribution in [3.05, 3.63) is 48.7 Å². The summed E-state index contributed by atoms with van der Waals surface area (Å²) in [7, 11) is 0. The minimum absolute atomic E-state index is 0.193. The number of phenols is 2. The Morgan fingerprint density at radius 1 is 1.17 bits per heavy atom. The largest absolute Gasteiger partial charge is 0.504 e. The van der Waals surface area contributed by atoms with Gasteiger partial charge in [-0.3, -0.25) is 9.20 Å². The van der Waals surface area contributed by atoms with E-state index in [1.165, 1.54) is 12.1 Å². The Kier molecular flexibility index (Phi) is 5.11. The molecule has 0 unspecified atom stereocenters. The highest BCUT2D eigenvalue weighted by molar-refractivity contribution is 5.86. The number of hydrogen-bond donors (Lipinski definition) is 5. The number of anilines is 1. The van der Waals surface area contributed by atoms with Crippen LogP contribution in [0.1, 0.15) is 12.8 Å². The number of hydrogen-bond acceptors (Lipinski definition) is 7. The van der Waals surface area contributed by atoms with E-state index in [1.807, 2.05) is 28.7 Å². The molecule has 0 fully saturated rings. The van der Waals surface area contributed by atoms with Gasteiger partial charge in [-0.2, -0.15) is 0 Å². The molecule has 0 aliphatic carbocycles. The number of benzene rings is 2. The normalized spacial score (nSPS) is 12.3. The van der Waals surface area contributed by atoms with Gasteiger partial charge in [-0.1, -0.05) is 12.1 Å². The molecule has 0 amide bonds. The van der Waals surface area contributed by atoms with E-state index < -0.39 is 12.0 Å². The van der Waals surface area contributed by atoms with Gasteiger partial charge >= 0.3 is 5.97 Å². The van der Waals surface area contributed by atoms with Gasteiger partial charge in [-0.15, -0.1) is 0 Å². The van der Waals surface area contributed by atoms with Crippen molar-refractivity contribution < 1.29 is 20.1 Å². The summed E-state index contributed by atoms with van der Waals surface area (Å²) < 4.78 is 1.93. The number of phenolic OH excluding ortho intramolecular Hbond substituents is 2. The van der Waals surface area contributed by atoms with Gasteiger partial charge in [0.1, 0.15) is 6.04 Å². The molecule has 2 heterocycles. The molecule has 6 N–H and O–H groups in total. The van der Waals surface area contributed by atoms with Crippen LogP contribution in [0.15, 0.2) is 48.7 Å². The number of nitrogens with one attached hydrogen (secondary N) is 1. The number of fused-ring (bicyclic) bond motifs is 3. The number of carboxylic acids is 1. The van der Waals surface area contributed by atoms with Crippen LogP contribution in [-0.2, 0) is 4.79 Å². The molecule has 4 aromatic rings. The lowest BCUT2D eigenvalue weighted by atomic mass is 10.1. The maximum Gasteiger partial charge on any atom is 0.320 e. The van der Waals surface area contributed by atoms with Crippen LogP contribution >= 0.6 is 0 Å². The summed E-state index contributed by atoms with van der Waals surface area (Å²) in [6.07, 6.45) is 2.59. The second-order valence-corrected chi connectivity index (χ2v) is 6.97. The zero-order chi connectivity index (χ0) is 21.3. The second kappa shape index (κ2) is 7.88. The molecular weight excluding hydrogens is 386 g/mol. The van der Waals surface area contributed by atoms with Crippen molar-refractivity contribution in [1.29, 1.82) is 0 Å². The molecule has 0 saturated carbocycles. The highest BCUT2D eigenvalue weighted by atomic mass is 16.4. The lowest BCUT2D eigenvalue weighted by Gasteiger charge is -2.12. The van der Waals surface area contributed by atoms with Gasteiger partial charge in [0.2, 0.25) is 0 Å². The van der Waals surface area contributed by atoms with E-state index in [0.29, 0.717) is 36.4 Å². The van der Waals surface area contributed by atoms with Crippen LogP contribution in [0.4, 0.5) is 5.82 Å². The fourth-order valence-corrected chi connectivity index (χ4v) is 3.34. The van der Waals surface area contributed by atoms with Crippen molar-refractivity contribution in [3.8, 4) is 22.8 Å². The van der Waals surface area contributed by atoms with Gasteiger partial charge in [0.15, 0.2) is 23.0 Å². The number of carboxylic acid groups (broad SMARTS) is 1. The van der Waals surface area contributed by atoms with E-state index in [1.54, 1.807) is 12.3 Å². The highest BCUT2D eigenvalue weighted by Gasteiger charge is 2.16. The van der Waals surface area contributed by atoms with Crippen LogP contribution in [0.3, 0.4) is 0 Å². The third-order valence-electron chi connectivity index (χ3n) is 4.90. The molecule has 9 heteroatoms. The molecule has 4 rings (SSSR count). The fraction of sp³-hybridized carbons (Fsp3) is 0.190. The van der Waals surface area contributed by atoms with Crippen LogP contribution < -0.4 is 11.1 Å². The van der Waals surface area contributed by atoms with Gasteiger partial charge in [-0.05, 0) is 43.2 Å². The van der Waals surface area contributed by atoms with Crippen LogP contribution in [0.25, 0.3) is 27.9 Å². The highest BCUT2D eigenvalue weighted by Crippen LogP contribution is 2.33. The zero-order valence-corrected chi connectivity index (χ0v) is 16.0. The average molecular weight is 407 g/mol. The summed E-state index contributed by atoms with van der Waals surface area (Å²) in [5, 5.41) is 31.7. The standard InChI is InChI=1S/C21H21N5O4/c22-13(21(29)30)4-3-9-23-19-20-24-11-16(12-7-8-17(27)18(28)10-12)26(20)15-6-2-1-5-14(15)25-19/h1-2,5-8,10-11,13,27-28H,3-4,9,22H2,(H,23,25)(H,29,30)/t13-/m0/s1. The first-order valence-corrected chi connectivity index (χ1v) is 9.46. The third kappa shape index (κ3) is 3.58. The number of carbonyl (C=O) groups is 1. The molecule has 0 bridgehead atoms. The molecule has 2 aromatic carbocycles. The summed E-state index contributed by atoms with van der Waals surface area (Å²) in [6.45, 7) is 0.490. The Bertz CT molecular complexity index is 1240. The molecule has 154 valence electrons. The lowest BCUT2D eigenvalue weighted by molar-refractivity contribution is -0.138. The number of rotatable bonds is 7. The number of imidazole rings is 1. The summed E-state index contributed by atoms with van der Waals surface area (Å²) in [6, 6.07) is 11.3. The molecule has 0 saturated heterocycles. The predicted molar refractivity (Wildman–Crippen MR) is 113 cm³/mol. The number of aliphatic carboxylic acids is 1. The molecule has 0 spiro atoms. The third-order valence-corrected chi connectivity index (χ3v) is 4.90. The van der Waals surface area contributed by atoms with E-state index in [0.717, 1.165) is 16.7 Å². The quantitative estimate of drug-likeness (QED) is 0.232. The van der Waals surface area contributed by atoms with E-state index in [4.69, 9.17) is 10.8 Å². The van der Waals surface area contributed by atoms with Gasteiger partial charge in [0.05, 0.1) is 22.9 Å². The number of nitrogens with zero attached hydrogens (tertiary/aromatic N) is 3. The van der Waals surface area contributed by atoms with E-state index >= 15 is 0 Å². The monoisotopic (exact) mass is 407 g/mol. The Hall–Kier alpha value is -3.85. The number of aromatic nitrogens is 3. The first-order chi connectivity index (χ1) is 14.5. The molecule has 0 aliphatic heterocycles. The summed E-state index contributed by atoms with van der Waals surface area (Å²) >= 11 is 0. The van der Waals surface area contributed by atoms with Crippen LogP contribution in [0.5, 0.6) is 11.5 Å². The van der Waals surface area contributed by atoms with Crippen molar-refractivity contribution in [1.82, 2.24) is 14.4 Å². The van der Waals surface area contributed by atoms with Crippen molar-refractivity contribution >= 4 is 28.5 Å². The van der Waals surface area contributed by atoms with Gasteiger partial charge in [0.25, 0.3) is 0 Å². The number of aromatic hydroxyl groups is 2. The van der Waals surface area contributed by atoms with E-state index in [2.05, 4.69) is 15.3 Å². The Labute approximate surface area is 171 Å². The maximum absolute atomic E-state index is 10.9. The SMILES string of the molecule is N[C@@H](CCCNc1nc2ccccc2n2c(-c3ccc(O)c(O)c3)cnc12)C(=O)O. The van der Waals surface area contributed by atoms with Gasteiger partial charge in [0, 0.05) is 12.1 Å². The second-order valence-electron chi connectivity index (χ2n) is 6.97. The van der Waals surface area contributed by atoms with Crippen molar-refractivity contribution in [2.45, 2.75) is 18.9 Å². The first-order valence-electron chi connectivity index (χ1n) is 9.46. The van der Waals surface area contributed by atoms with E-state index in [9.17, 15) is 15.0 Å². The maximum atomic E-state index is 10.9. The molecule has 30 heavy (non-hydrogen) atoms. The number of para-hydroxylation sites is 2. The van der Waals surface area contributed by atoms with E-state index in [-0.39, 0.29) is 11.5 Å². The molecule has 1 atom stereocenters. The predicted octanol–water partition coefficient (Wildman–Crippen LogP) is 2.56. The van der Waals surface area contributed by atoms with Crippen molar-refractivity contribution in [2.24, 2.45) is 5.73 Å². The molecule has 0 aliphatic rings. The Morgan fingerprint density at radius 2 is 1.97 bits per heavy atom. The first kappa shape index (κ1) is 19.5. The van der Waals surface area contributed by atoms with Crippen molar-refractivity contribution in [3.63, 3.8) is 0 Å². The smallest absolute Gasteiger partial charge is 0.320 e. The zero-order valence-electron chi connectivity index (χ0n) is 16.0. The minimum Gasteiger partial charge on any atom is -0.504 e. The van der Waals surface area contributed by atoms with Crippen LogP contribution in [0, 0.1) is 0 Å². The molecule has 9 nitrogen and oxygen atoms in total. The molecule has 0 radical (unpaired) electrons. The summed E-state index contributed by atoms with van der Waals surface area (Å²) in [4.78, 5) is 20.0. The summed E-state index contributed by atoms with van der Waals surface area (Å²) in [5.41, 5.74) is 9.15. The van der Waals surface area contributed by atoms with Crippen molar-refractivity contribution in [2.75, 3.05) is 11.9 Å². The van der Waals surface area contributed by atoms with Gasteiger partial charge in [-0.25, -0.2) is 9.97 Å². The fourth-order valence-electron chi connectivity index (χ4n) is 3.34. The summed E-state index contributed by atoms with van der Waals surface area (Å²) in [5.74, 6) is -0.863. The average Bonchev–Trinajstić information content (AvgIpc) is 3.18. The lowest BCUT2D eigenvalue weighted by Crippen LogP contribution is -2.30. The Morgan fingerprint density at radius 3 is 2.73 bits per heavy atom. The van der Waals surface area contributed by atoms with Crippen LogP contribution in [0.2, 0.25) is 0 Å². The number of nitrogens with two attached hydrogens (primary N) is 1. The Balaban J connectivity index is 1.74. The molecular formula is C21H21N5O4. The van der Waals surface area contributed by atoms with Crippen LogP contribution in [-0.4, -0.2) is 48.2 Å². The molecule has 2 aromatic heterocycles.